The highest BCUT2D eigenvalue weighted by atomic mass is 35.5. The first-order chi connectivity index (χ1) is 15.6. The Labute approximate surface area is 197 Å². The van der Waals surface area contributed by atoms with Gasteiger partial charge in [0.15, 0.2) is 11.5 Å². The second-order valence-electron chi connectivity index (χ2n) is 6.83. The van der Waals surface area contributed by atoms with Crippen molar-refractivity contribution >= 4 is 35.5 Å². The van der Waals surface area contributed by atoms with E-state index >= 15 is 0 Å². The average Bonchev–Trinajstić information content (AvgIpc) is 2.79. The first-order valence-electron chi connectivity index (χ1n) is 10.2. The molecule has 0 bridgehead atoms. The number of carbonyl (C=O) groups excluding carboxylic acids is 1. The average molecular weight is 469 g/mol. The molecule has 0 fully saturated rings. The number of hydrogen-bond acceptors (Lipinski definition) is 5. The molecule has 0 aromatic heterocycles. The second-order valence-corrected chi connectivity index (χ2v) is 8.25. The molecule has 0 atom stereocenters. The van der Waals surface area contributed by atoms with Crippen LogP contribution in [0.4, 0.5) is 0 Å². The van der Waals surface area contributed by atoms with Gasteiger partial charge in [0.1, 0.15) is 6.61 Å². The number of halogens is 1. The van der Waals surface area contributed by atoms with E-state index in [0.717, 1.165) is 16.9 Å². The Morgan fingerprint density at radius 2 is 1.81 bits per heavy atom. The lowest BCUT2D eigenvalue weighted by Crippen LogP contribution is -2.19. The van der Waals surface area contributed by atoms with Gasteiger partial charge in [-0.2, -0.15) is 5.10 Å². The molecule has 7 heteroatoms. The standard InChI is InChI=1S/C25H25ClN2O3S/c1-2-30-24-14-20(11-12-23(24)31-16-21-9-6-10-22(26)13-21)15-27-28-25(29)18-32-17-19-7-4-3-5-8-19/h3-15H,2,16-18H2,1H3,(H,28,29)/b27-15-. The summed E-state index contributed by atoms with van der Waals surface area (Å²) in [6.45, 7) is 2.79. The van der Waals surface area contributed by atoms with Crippen LogP contribution in [-0.2, 0) is 17.2 Å². The van der Waals surface area contributed by atoms with Crippen molar-refractivity contribution in [2.24, 2.45) is 5.10 Å². The number of rotatable bonds is 11. The number of hydrogen-bond donors (Lipinski definition) is 1. The number of carbonyl (C=O) groups is 1. The van der Waals surface area contributed by atoms with Crippen molar-refractivity contribution in [1.29, 1.82) is 0 Å². The van der Waals surface area contributed by atoms with Gasteiger partial charge in [-0.1, -0.05) is 54.1 Å². The molecule has 0 spiro atoms. The number of amides is 1. The fraction of sp³-hybridized carbons (Fsp3) is 0.200. The van der Waals surface area contributed by atoms with E-state index in [1.165, 1.54) is 5.56 Å². The monoisotopic (exact) mass is 468 g/mol. The normalized spacial score (nSPS) is 10.8. The SMILES string of the molecule is CCOc1cc(/C=N\NC(=O)CSCc2ccccc2)ccc1OCc1cccc(Cl)c1. The smallest absolute Gasteiger partial charge is 0.250 e. The zero-order valence-electron chi connectivity index (χ0n) is 17.8. The van der Waals surface area contributed by atoms with Crippen molar-refractivity contribution < 1.29 is 14.3 Å². The van der Waals surface area contributed by atoms with Gasteiger partial charge >= 0.3 is 0 Å². The zero-order valence-corrected chi connectivity index (χ0v) is 19.4. The fourth-order valence-corrected chi connectivity index (χ4v) is 3.82. The highest BCUT2D eigenvalue weighted by molar-refractivity contribution is 7.99. The Kier molecular flexibility index (Phi) is 9.47. The van der Waals surface area contributed by atoms with Gasteiger partial charge in [-0.3, -0.25) is 4.79 Å². The van der Waals surface area contributed by atoms with Crippen LogP contribution in [0.15, 0.2) is 77.9 Å². The molecule has 1 N–H and O–H groups in total. The third kappa shape index (κ3) is 7.94. The van der Waals surface area contributed by atoms with Crippen molar-refractivity contribution in [1.82, 2.24) is 5.43 Å². The van der Waals surface area contributed by atoms with Crippen molar-refractivity contribution in [3.05, 3.63) is 94.5 Å². The van der Waals surface area contributed by atoms with Crippen LogP contribution in [0.3, 0.4) is 0 Å². The number of nitrogens with zero attached hydrogens (tertiary/aromatic N) is 1. The number of hydrazone groups is 1. The minimum absolute atomic E-state index is 0.145. The van der Waals surface area contributed by atoms with Gasteiger partial charge in [-0.15, -0.1) is 11.8 Å². The Morgan fingerprint density at radius 1 is 1.00 bits per heavy atom. The Balaban J connectivity index is 1.51. The van der Waals surface area contributed by atoms with E-state index in [1.54, 1.807) is 18.0 Å². The van der Waals surface area contributed by atoms with Crippen LogP contribution in [-0.4, -0.2) is 24.5 Å². The predicted molar refractivity (Wildman–Crippen MR) is 132 cm³/mol. The van der Waals surface area contributed by atoms with Crippen molar-refractivity contribution in [2.45, 2.75) is 19.3 Å². The quantitative estimate of drug-likeness (QED) is 0.289. The molecule has 1 amide bonds. The van der Waals surface area contributed by atoms with E-state index in [9.17, 15) is 4.79 Å². The van der Waals surface area contributed by atoms with Crippen LogP contribution < -0.4 is 14.9 Å². The predicted octanol–water partition coefficient (Wildman–Crippen LogP) is 5.70. The summed E-state index contributed by atoms with van der Waals surface area (Å²) in [5, 5.41) is 4.72. The zero-order chi connectivity index (χ0) is 22.6. The molecule has 32 heavy (non-hydrogen) atoms. The lowest BCUT2D eigenvalue weighted by atomic mass is 10.2. The van der Waals surface area contributed by atoms with E-state index in [0.29, 0.717) is 35.5 Å². The molecule has 0 heterocycles. The van der Waals surface area contributed by atoms with Gasteiger partial charge < -0.3 is 9.47 Å². The number of ether oxygens (including phenoxy) is 2. The molecule has 3 aromatic rings. The molecule has 0 aliphatic rings. The minimum atomic E-state index is -0.145. The van der Waals surface area contributed by atoms with Crippen LogP contribution in [0, 0.1) is 0 Å². The van der Waals surface area contributed by atoms with Crippen LogP contribution in [0.25, 0.3) is 0 Å². The summed E-state index contributed by atoms with van der Waals surface area (Å²) in [6.07, 6.45) is 1.59. The van der Waals surface area contributed by atoms with Crippen molar-refractivity contribution in [3.8, 4) is 11.5 Å². The van der Waals surface area contributed by atoms with Gasteiger partial charge in [0, 0.05) is 10.8 Å². The van der Waals surface area contributed by atoms with Gasteiger partial charge in [-0.05, 0) is 53.9 Å². The molecule has 5 nitrogen and oxygen atoms in total. The summed E-state index contributed by atoms with van der Waals surface area (Å²) in [5.41, 5.74) is 5.51. The first-order valence-corrected chi connectivity index (χ1v) is 11.7. The third-order valence-electron chi connectivity index (χ3n) is 4.30. The van der Waals surface area contributed by atoms with Crippen LogP contribution >= 0.6 is 23.4 Å². The second kappa shape index (κ2) is 12.8. The summed E-state index contributed by atoms with van der Waals surface area (Å²) in [6, 6.07) is 23.1. The Morgan fingerprint density at radius 3 is 2.59 bits per heavy atom. The Bertz CT molecular complexity index is 1040. The molecule has 0 saturated heterocycles. The van der Waals surface area contributed by atoms with E-state index in [2.05, 4.69) is 10.5 Å². The number of nitrogens with one attached hydrogen (secondary N) is 1. The van der Waals surface area contributed by atoms with E-state index in [-0.39, 0.29) is 5.91 Å². The van der Waals surface area contributed by atoms with Crippen LogP contribution in [0.2, 0.25) is 5.02 Å². The van der Waals surface area contributed by atoms with Crippen LogP contribution in [0.5, 0.6) is 11.5 Å². The van der Waals surface area contributed by atoms with E-state index in [1.807, 2.05) is 79.7 Å². The molecule has 0 saturated carbocycles. The fourth-order valence-electron chi connectivity index (χ4n) is 2.83. The molecular formula is C25H25ClN2O3S. The maximum absolute atomic E-state index is 12.0. The van der Waals surface area contributed by atoms with Crippen LogP contribution in [0.1, 0.15) is 23.6 Å². The summed E-state index contributed by atoms with van der Waals surface area (Å²) < 4.78 is 11.6. The molecule has 0 radical (unpaired) electrons. The lowest BCUT2D eigenvalue weighted by molar-refractivity contribution is -0.118. The molecule has 0 unspecified atom stereocenters. The summed E-state index contributed by atoms with van der Waals surface area (Å²) in [7, 11) is 0. The molecule has 0 aliphatic heterocycles. The van der Waals surface area contributed by atoms with E-state index in [4.69, 9.17) is 21.1 Å². The molecular weight excluding hydrogens is 444 g/mol. The summed E-state index contributed by atoms with van der Waals surface area (Å²) >= 11 is 7.57. The van der Waals surface area contributed by atoms with Crippen molar-refractivity contribution in [3.63, 3.8) is 0 Å². The summed E-state index contributed by atoms with van der Waals surface area (Å²) in [4.78, 5) is 12.0. The lowest BCUT2D eigenvalue weighted by Gasteiger charge is -2.12. The molecule has 166 valence electrons. The third-order valence-corrected chi connectivity index (χ3v) is 5.54. The molecule has 0 aliphatic carbocycles. The maximum Gasteiger partial charge on any atom is 0.250 e. The Hall–Kier alpha value is -2.96. The van der Waals surface area contributed by atoms with Gasteiger partial charge in [0.05, 0.1) is 18.6 Å². The van der Waals surface area contributed by atoms with Gasteiger partial charge in [-0.25, -0.2) is 5.43 Å². The molecule has 3 rings (SSSR count). The minimum Gasteiger partial charge on any atom is -0.490 e. The van der Waals surface area contributed by atoms with Crippen molar-refractivity contribution in [2.75, 3.05) is 12.4 Å². The number of benzene rings is 3. The topological polar surface area (TPSA) is 59.9 Å². The number of thioether (sulfide) groups is 1. The maximum atomic E-state index is 12.0. The largest absolute Gasteiger partial charge is 0.490 e. The summed E-state index contributed by atoms with van der Waals surface area (Å²) in [5.74, 6) is 2.22. The first kappa shape index (κ1) is 23.7. The highest BCUT2D eigenvalue weighted by Gasteiger charge is 2.07. The van der Waals surface area contributed by atoms with E-state index < -0.39 is 0 Å². The van der Waals surface area contributed by atoms with Gasteiger partial charge in [0.25, 0.3) is 0 Å². The molecule has 3 aromatic carbocycles. The highest BCUT2D eigenvalue weighted by Crippen LogP contribution is 2.29. The van der Waals surface area contributed by atoms with Gasteiger partial charge in [0.2, 0.25) is 5.91 Å².